The van der Waals surface area contributed by atoms with Crippen LogP contribution in [0.1, 0.15) is 63.5 Å². The lowest BCUT2D eigenvalue weighted by Crippen LogP contribution is -2.54. The van der Waals surface area contributed by atoms with E-state index < -0.39 is 24.2 Å². The Bertz CT molecular complexity index is 1700. The van der Waals surface area contributed by atoms with Crippen molar-refractivity contribution in [2.45, 2.75) is 101 Å². The summed E-state index contributed by atoms with van der Waals surface area (Å²) < 4.78 is 0. The predicted molar refractivity (Wildman–Crippen MR) is 221 cm³/mol. The van der Waals surface area contributed by atoms with E-state index in [0.717, 1.165) is 24.0 Å². The van der Waals surface area contributed by atoms with Crippen LogP contribution in [0.25, 0.3) is 0 Å². The molecule has 6 atom stereocenters. The lowest BCUT2D eigenvalue weighted by molar-refractivity contribution is -0.137. The van der Waals surface area contributed by atoms with E-state index in [9.17, 15) is 28.8 Å². The van der Waals surface area contributed by atoms with E-state index in [2.05, 4.69) is 55.6 Å². The summed E-state index contributed by atoms with van der Waals surface area (Å²) in [7, 11) is 3.31. The van der Waals surface area contributed by atoms with E-state index in [1.165, 1.54) is 0 Å². The molecule has 0 bridgehead atoms. The number of hydrogen-bond acceptors (Lipinski definition) is 8. The lowest BCUT2D eigenvalue weighted by atomic mass is 10.1. The number of hydrogen-bond donors (Lipinski definition) is 6. The molecular formula is C44H58N8O6. The van der Waals surface area contributed by atoms with Gasteiger partial charge in [-0.05, 0) is 76.6 Å². The molecule has 0 aromatic heterocycles. The number of rotatable bonds is 18. The minimum atomic E-state index is -0.949. The molecule has 6 N–H and O–H groups in total. The van der Waals surface area contributed by atoms with E-state index >= 15 is 0 Å². The number of benzene rings is 2. The highest BCUT2D eigenvalue weighted by molar-refractivity contribution is 5.91. The van der Waals surface area contributed by atoms with Crippen molar-refractivity contribution in [1.29, 1.82) is 0 Å². The van der Waals surface area contributed by atoms with Gasteiger partial charge < -0.3 is 41.7 Å². The summed E-state index contributed by atoms with van der Waals surface area (Å²) in [6, 6.07) is 15.4. The van der Waals surface area contributed by atoms with Crippen LogP contribution in [-0.4, -0.2) is 122 Å². The van der Waals surface area contributed by atoms with Crippen molar-refractivity contribution in [3.05, 3.63) is 71.8 Å². The van der Waals surface area contributed by atoms with E-state index in [4.69, 9.17) is 0 Å². The van der Waals surface area contributed by atoms with Gasteiger partial charge in [0.15, 0.2) is 0 Å². The molecule has 0 aliphatic carbocycles. The molecule has 0 radical (unpaired) electrons. The molecule has 58 heavy (non-hydrogen) atoms. The quantitative estimate of drug-likeness (QED) is 0.119. The van der Waals surface area contributed by atoms with Gasteiger partial charge in [-0.3, -0.25) is 28.8 Å². The number of likely N-dealkylation sites (N-methyl/N-ethyl adjacent to an activating group) is 2. The third-order valence-electron chi connectivity index (χ3n) is 10.5. The Morgan fingerprint density at radius 2 is 1.00 bits per heavy atom. The SMILES string of the molecule is CN[C@@H](C)C(=O)N[C@@H](CC#CC#CC[C@H](NC(=O)[C@H](C)NC)C(=O)N1CCC[C@H]1CNC(=O)Cc1ccccc1)C(=O)N1CCC[C@H]1CNC(=O)Cc1ccccc1. The Hall–Kier alpha value is -5.70. The van der Waals surface area contributed by atoms with E-state index in [0.29, 0.717) is 39.0 Å². The minimum absolute atomic E-state index is 0.0104. The first-order valence-corrected chi connectivity index (χ1v) is 20.1. The van der Waals surface area contributed by atoms with Gasteiger partial charge in [0.2, 0.25) is 35.4 Å². The predicted octanol–water partition coefficient (Wildman–Crippen LogP) is 0.659. The first-order chi connectivity index (χ1) is 28.0. The fourth-order valence-electron chi connectivity index (χ4n) is 6.88. The van der Waals surface area contributed by atoms with Crippen molar-refractivity contribution >= 4 is 35.4 Å². The fraction of sp³-hybridized carbons (Fsp3) is 0.500. The molecule has 2 aromatic rings. The summed E-state index contributed by atoms with van der Waals surface area (Å²) in [5.74, 6) is 9.79. The Morgan fingerprint density at radius 3 is 1.36 bits per heavy atom. The van der Waals surface area contributed by atoms with Gasteiger partial charge in [0.1, 0.15) is 12.1 Å². The maximum absolute atomic E-state index is 13.9. The zero-order valence-electron chi connectivity index (χ0n) is 34.1. The van der Waals surface area contributed by atoms with Gasteiger partial charge in [0.05, 0.1) is 24.9 Å². The van der Waals surface area contributed by atoms with E-state index in [-0.39, 0.29) is 73.2 Å². The first kappa shape index (κ1) is 45.0. The maximum atomic E-state index is 13.9. The second kappa shape index (κ2) is 23.5. The summed E-state index contributed by atoms with van der Waals surface area (Å²) in [6.07, 6.45) is 3.42. The van der Waals surface area contributed by atoms with Gasteiger partial charge in [0.25, 0.3) is 0 Å². The van der Waals surface area contributed by atoms with Gasteiger partial charge >= 0.3 is 0 Å². The number of nitrogens with one attached hydrogen (secondary N) is 6. The Kier molecular flexibility index (Phi) is 18.2. The summed E-state index contributed by atoms with van der Waals surface area (Å²) in [4.78, 5) is 82.3. The number of likely N-dealkylation sites (tertiary alicyclic amines) is 2. The van der Waals surface area contributed by atoms with Crippen LogP contribution in [0.15, 0.2) is 60.7 Å². The van der Waals surface area contributed by atoms with E-state index in [1.807, 2.05) is 60.7 Å². The molecule has 4 rings (SSSR count). The van der Waals surface area contributed by atoms with Crippen molar-refractivity contribution in [2.75, 3.05) is 40.3 Å². The molecule has 2 aliphatic heterocycles. The molecule has 2 aromatic carbocycles. The molecule has 0 unspecified atom stereocenters. The molecule has 14 nitrogen and oxygen atoms in total. The van der Waals surface area contributed by atoms with Crippen LogP contribution < -0.4 is 31.9 Å². The highest BCUT2D eigenvalue weighted by Crippen LogP contribution is 2.20. The highest BCUT2D eigenvalue weighted by Gasteiger charge is 2.35. The largest absolute Gasteiger partial charge is 0.354 e. The van der Waals surface area contributed by atoms with Gasteiger partial charge in [0, 0.05) is 51.1 Å². The number of carbonyl (C=O) groups is 6. The van der Waals surface area contributed by atoms with Crippen LogP contribution in [0.4, 0.5) is 0 Å². The average molecular weight is 795 g/mol. The Labute approximate surface area is 342 Å². The minimum Gasteiger partial charge on any atom is -0.354 e. The third-order valence-corrected chi connectivity index (χ3v) is 10.5. The monoisotopic (exact) mass is 794 g/mol. The second-order valence-electron chi connectivity index (χ2n) is 14.7. The summed E-state index contributed by atoms with van der Waals surface area (Å²) in [6.45, 7) is 4.96. The highest BCUT2D eigenvalue weighted by atomic mass is 16.2. The van der Waals surface area contributed by atoms with Gasteiger partial charge in [-0.15, -0.1) is 0 Å². The number of carbonyl (C=O) groups excluding carboxylic acids is 6. The zero-order chi connectivity index (χ0) is 41.9. The number of nitrogens with zero attached hydrogens (tertiary/aromatic N) is 2. The van der Waals surface area contributed by atoms with Crippen LogP contribution in [0.3, 0.4) is 0 Å². The fourth-order valence-corrected chi connectivity index (χ4v) is 6.88. The van der Waals surface area contributed by atoms with Crippen LogP contribution in [0.2, 0.25) is 0 Å². The van der Waals surface area contributed by atoms with Gasteiger partial charge in [-0.25, -0.2) is 0 Å². The lowest BCUT2D eigenvalue weighted by Gasteiger charge is -2.29. The molecule has 2 aliphatic rings. The summed E-state index contributed by atoms with van der Waals surface area (Å²) >= 11 is 0. The van der Waals surface area contributed by atoms with Crippen LogP contribution in [-0.2, 0) is 41.6 Å². The Balaban J connectivity index is 1.39. The third kappa shape index (κ3) is 14.0. The summed E-state index contributed by atoms with van der Waals surface area (Å²) in [5.41, 5.74) is 1.80. The molecule has 6 amide bonds. The van der Waals surface area contributed by atoms with Gasteiger partial charge in [-0.2, -0.15) is 0 Å². The molecule has 0 spiro atoms. The van der Waals surface area contributed by atoms with Crippen molar-refractivity contribution < 1.29 is 28.8 Å². The molecule has 2 saturated heterocycles. The van der Waals surface area contributed by atoms with Crippen molar-refractivity contribution in [2.24, 2.45) is 0 Å². The molecular weight excluding hydrogens is 737 g/mol. The van der Waals surface area contributed by atoms with Crippen molar-refractivity contribution in [1.82, 2.24) is 41.7 Å². The van der Waals surface area contributed by atoms with Gasteiger partial charge in [-0.1, -0.05) is 72.5 Å². The average Bonchev–Trinajstić information content (AvgIpc) is 3.92. The normalized spacial score (nSPS) is 17.9. The smallest absolute Gasteiger partial charge is 0.246 e. The standard InChI is InChI=1S/C44H58N8O6/c1-31(45-3)41(55)49-37(43(57)51-25-15-21-35(51)29-47-39(53)27-33-17-9-7-10-18-33)23-13-5-6-14-24-38(50-42(56)32(2)46-4)44(58)52-26-16-22-36(52)30-48-40(54)28-34-19-11-8-12-20-34/h7-12,17-20,31-32,35-38,45-46H,15-16,21-30H2,1-4H3,(H,47,53)(H,48,54)(H,49,55)(H,50,56)/t31-,32-,35-,36-,37-,38-/m0/s1. The van der Waals surface area contributed by atoms with Crippen molar-refractivity contribution in [3.63, 3.8) is 0 Å². The first-order valence-electron chi connectivity index (χ1n) is 20.1. The molecule has 2 heterocycles. The van der Waals surface area contributed by atoms with Crippen LogP contribution >= 0.6 is 0 Å². The molecule has 2 fully saturated rings. The van der Waals surface area contributed by atoms with Crippen LogP contribution in [0.5, 0.6) is 0 Å². The number of amides is 6. The topological polar surface area (TPSA) is 181 Å². The van der Waals surface area contributed by atoms with Crippen molar-refractivity contribution in [3.8, 4) is 23.7 Å². The maximum Gasteiger partial charge on any atom is 0.246 e. The second-order valence-corrected chi connectivity index (χ2v) is 14.7. The van der Waals surface area contributed by atoms with Crippen LogP contribution in [0, 0.1) is 23.7 Å². The molecule has 310 valence electrons. The molecule has 14 heteroatoms. The summed E-state index contributed by atoms with van der Waals surface area (Å²) in [5, 5.41) is 17.3. The Morgan fingerprint density at radius 1 is 0.621 bits per heavy atom. The van der Waals surface area contributed by atoms with E-state index in [1.54, 1.807) is 37.7 Å². The zero-order valence-corrected chi connectivity index (χ0v) is 34.1. The molecule has 0 saturated carbocycles.